The Balaban J connectivity index is 0.000000205. The first-order valence-corrected chi connectivity index (χ1v) is 27.1. The van der Waals surface area contributed by atoms with Gasteiger partial charge in [-0.25, -0.2) is 35.6 Å². The molecule has 0 aliphatic carbocycles. The normalized spacial score (nSPS) is 12.6. The van der Waals surface area contributed by atoms with Crippen molar-refractivity contribution in [3.8, 4) is 44.5 Å². The van der Waals surface area contributed by atoms with E-state index in [1.54, 1.807) is 97.1 Å². The number of rotatable bonds is 10. The van der Waals surface area contributed by atoms with Gasteiger partial charge in [-0.05, 0) is 108 Å². The van der Waals surface area contributed by atoms with E-state index in [0.29, 0.717) is 70.7 Å². The highest BCUT2D eigenvalue weighted by Crippen LogP contribution is 2.36. The average molecular weight is 1050 g/mol. The summed E-state index contributed by atoms with van der Waals surface area (Å²) in [5.41, 5.74) is 20.2. The van der Waals surface area contributed by atoms with Crippen molar-refractivity contribution in [3.63, 3.8) is 0 Å². The van der Waals surface area contributed by atoms with Gasteiger partial charge in [-0.15, -0.1) is 0 Å². The molecular formula is C57H56F2N8O6S2. The van der Waals surface area contributed by atoms with E-state index in [-0.39, 0.29) is 44.4 Å². The number of aromatic nitrogens is 2. The smallest absolute Gasteiger partial charge is 0.264 e. The molecular weight excluding hydrogens is 995 g/mol. The second-order valence-electron chi connectivity index (χ2n) is 16.6. The standard InChI is InChI=1S/C27H23FN4O3S.C26H21FN4O3S.2C2H6/c1-32(20-5-3-2-4-6-20)36(34,35)21-8-10-22(25(28)15-21)19-14-24(26(29)31-16-19)17-7-9-23-18(13-17)11-12-30-27(23)33;27-24-14-20(35(33,34)31-19-4-2-1-3-5-19)7-9-21(24)18-13-23(25(28)30-15-18)16-6-8-22-17(12-16)10-11-29-26(22)32;2*1-2/h2-10,13-16H,11-12H2,1H3,(H2,29,31)(H,30,33);1-9,12-15,31H,10-11H2,(H2,28,30)(H,29,32);2*1-2H3. The fraction of sp³-hybridized carbons (Fsp3) is 0.158. The van der Waals surface area contributed by atoms with Crippen LogP contribution in [0.3, 0.4) is 0 Å². The van der Waals surface area contributed by atoms with Gasteiger partial charge in [0.1, 0.15) is 23.3 Å². The van der Waals surface area contributed by atoms with E-state index in [2.05, 4.69) is 25.3 Å². The molecule has 0 spiro atoms. The van der Waals surface area contributed by atoms with Crippen LogP contribution in [0.2, 0.25) is 0 Å². The number of benzene rings is 6. The van der Waals surface area contributed by atoms with Crippen LogP contribution in [0.15, 0.2) is 168 Å². The number of sulfonamides is 2. The highest BCUT2D eigenvalue weighted by atomic mass is 32.2. The Morgan fingerprint density at radius 1 is 0.520 bits per heavy atom. The lowest BCUT2D eigenvalue weighted by Gasteiger charge is -2.20. The van der Waals surface area contributed by atoms with Crippen LogP contribution in [0, 0.1) is 11.6 Å². The number of nitrogens with one attached hydrogen (secondary N) is 3. The molecule has 0 radical (unpaired) electrons. The van der Waals surface area contributed by atoms with Crippen molar-refractivity contribution in [3.05, 3.63) is 192 Å². The van der Waals surface area contributed by atoms with Crippen LogP contribution in [0.5, 0.6) is 0 Å². The van der Waals surface area contributed by atoms with Gasteiger partial charge in [0, 0.05) is 82.7 Å². The number of nitrogens with two attached hydrogens (primary N) is 2. The quantitative estimate of drug-likeness (QED) is 0.0872. The van der Waals surface area contributed by atoms with Crippen LogP contribution in [0.4, 0.5) is 31.8 Å². The number of nitrogen functional groups attached to an aromatic ring is 2. The molecule has 0 fully saturated rings. The zero-order valence-electron chi connectivity index (χ0n) is 41.9. The van der Waals surface area contributed by atoms with Crippen molar-refractivity contribution >= 4 is 54.9 Å². The van der Waals surface area contributed by atoms with E-state index in [1.807, 2.05) is 39.8 Å². The van der Waals surface area contributed by atoms with Gasteiger partial charge in [0.2, 0.25) is 0 Å². The molecule has 2 aliphatic rings. The molecule has 4 heterocycles. The van der Waals surface area contributed by atoms with Crippen molar-refractivity contribution in [2.45, 2.75) is 50.3 Å². The summed E-state index contributed by atoms with van der Waals surface area (Å²) in [4.78, 5) is 32.2. The Labute approximate surface area is 436 Å². The molecule has 0 atom stereocenters. The van der Waals surface area contributed by atoms with E-state index in [1.165, 1.54) is 43.7 Å². The van der Waals surface area contributed by atoms with Crippen LogP contribution < -0.4 is 31.1 Å². The summed E-state index contributed by atoms with van der Waals surface area (Å²) < 4.78 is 85.4. The van der Waals surface area contributed by atoms with E-state index in [4.69, 9.17) is 11.5 Å². The SMILES string of the molecule is CC.CC.CN(c1ccccc1)S(=O)(=O)c1ccc(-c2cnc(N)c(-c3ccc4c(c3)CCNC4=O)c2)c(F)c1.Nc1ncc(-c2ccc(S(=O)(=O)Nc3ccccc3)cc2F)cc1-c1ccc2c(c1)CCNC2=O. The van der Waals surface area contributed by atoms with Gasteiger partial charge in [0.15, 0.2) is 0 Å². The second kappa shape index (κ2) is 23.6. The zero-order valence-corrected chi connectivity index (χ0v) is 43.5. The van der Waals surface area contributed by atoms with Crippen LogP contribution in [-0.2, 0) is 32.9 Å². The molecule has 14 nitrogen and oxygen atoms in total. The topological polar surface area (TPSA) is 220 Å². The van der Waals surface area contributed by atoms with E-state index < -0.39 is 31.7 Å². The first kappa shape index (κ1) is 54.3. The molecule has 0 saturated heterocycles. The highest BCUT2D eigenvalue weighted by molar-refractivity contribution is 7.93. The van der Waals surface area contributed by atoms with Gasteiger partial charge in [0.05, 0.1) is 15.5 Å². The Morgan fingerprint density at radius 3 is 1.41 bits per heavy atom. The van der Waals surface area contributed by atoms with Gasteiger partial charge < -0.3 is 22.1 Å². The third kappa shape index (κ3) is 12.0. The number of fused-ring (bicyclic) bond motifs is 2. The average Bonchev–Trinajstić information content (AvgIpc) is 3.43. The summed E-state index contributed by atoms with van der Waals surface area (Å²) >= 11 is 0. The number of nitrogens with zero attached hydrogens (tertiary/aromatic N) is 3. The summed E-state index contributed by atoms with van der Waals surface area (Å²) in [5, 5.41) is 5.62. The van der Waals surface area contributed by atoms with Crippen LogP contribution in [0.1, 0.15) is 59.5 Å². The molecule has 0 unspecified atom stereocenters. The summed E-state index contributed by atoms with van der Waals surface area (Å²) in [7, 11) is -6.50. The number of amides is 2. The lowest BCUT2D eigenvalue weighted by molar-refractivity contribution is 0.0937. The second-order valence-corrected chi connectivity index (χ2v) is 20.3. The van der Waals surface area contributed by atoms with Gasteiger partial charge in [-0.1, -0.05) is 100 Å². The first-order valence-electron chi connectivity index (χ1n) is 24.1. The Kier molecular flexibility index (Phi) is 17.1. The van der Waals surface area contributed by atoms with E-state index >= 15 is 8.78 Å². The fourth-order valence-corrected chi connectivity index (χ4v) is 10.6. The number of carbonyl (C=O) groups is 2. The number of halogens is 2. The molecule has 75 heavy (non-hydrogen) atoms. The molecule has 2 amide bonds. The molecule has 10 rings (SSSR count). The van der Waals surface area contributed by atoms with Crippen molar-refractivity contribution in [1.29, 1.82) is 0 Å². The van der Waals surface area contributed by atoms with Crippen molar-refractivity contribution in [2.75, 3.05) is 40.6 Å². The molecule has 8 aromatic rings. The number of hydrogen-bond donors (Lipinski definition) is 5. The zero-order chi connectivity index (χ0) is 54.0. The number of carbonyl (C=O) groups excluding carboxylic acids is 2. The predicted molar refractivity (Wildman–Crippen MR) is 293 cm³/mol. The minimum Gasteiger partial charge on any atom is -0.383 e. The predicted octanol–water partition coefficient (Wildman–Crippen LogP) is 10.5. The Hall–Kier alpha value is -8.48. The third-order valence-corrected chi connectivity index (χ3v) is 15.3. The minimum atomic E-state index is -3.96. The van der Waals surface area contributed by atoms with E-state index in [0.717, 1.165) is 38.7 Å². The lowest BCUT2D eigenvalue weighted by atomic mass is 9.94. The molecule has 7 N–H and O–H groups in total. The molecule has 0 saturated carbocycles. The highest BCUT2D eigenvalue weighted by Gasteiger charge is 2.25. The molecule has 386 valence electrons. The van der Waals surface area contributed by atoms with Gasteiger partial charge in [0.25, 0.3) is 31.9 Å². The molecule has 18 heteroatoms. The van der Waals surface area contributed by atoms with Crippen molar-refractivity contribution in [1.82, 2.24) is 20.6 Å². The van der Waals surface area contributed by atoms with E-state index in [9.17, 15) is 26.4 Å². The van der Waals surface area contributed by atoms with Crippen LogP contribution in [0.25, 0.3) is 44.5 Å². The summed E-state index contributed by atoms with van der Waals surface area (Å²) in [6.07, 6.45) is 4.29. The number of para-hydroxylation sites is 2. The fourth-order valence-electron chi connectivity index (χ4n) is 8.34. The lowest BCUT2D eigenvalue weighted by Crippen LogP contribution is -2.31. The van der Waals surface area contributed by atoms with Gasteiger partial charge in [-0.3, -0.25) is 18.6 Å². The number of pyridine rings is 2. The largest absolute Gasteiger partial charge is 0.383 e. The monoisotopic (exact) mass is 1050 g/mol. The van der Waals surface area contributed by atoms with Crippen LogP contribution >= 0.6 is 0 Å². The number of anilines is 4. The van der Waals surface area contributed by atoms with Gasteiger partial charge >= 0.3 is 0 Å². The summed E-state index contributed by atoms with van der Waals surface area (Å²) in [6, 6.07) is 38.8. The summed E-state index contributed by atoms with van der Waals surface area (Å²) in [6.45, 7) is 9.12. The maximum Gasteiger partial charge on any atom is 0.264 e. The number of hydrogen-bond acceptors (Lipinski definition) is 10. The molecule has 6 aromatic carbocycles. The van der Waals surface area contributed by atoms with Crippen molar-refractivity contribution in [2.24, 2.45) is 0 Å². The van der Waals surface area contributed by atoms with Crippen molar-refractivity contribution < 1.29 is 35.2 Å². The molecule has 0 bridgehead atoms. The third-order valence-electron chi connectivity index (χ3n) is 12.1. The first-order chi connectivity index (χ1) is 36.1. The summed E-state index contributed by atoms with van der Waals surface area (Å²) in [5.74, 6) is -1.10. The minimum absolute atomic E-state index is 0.113. The van der Waals surface area contributed by atoms with Crippen LogP contribution in [-0.4, -0.2) is 58.8 Å². The Morgan fingerprint density at radius 2 is 0.947 bits per heavy atom. The molecule has 2 aromatic heterocycles. The molecule has 2 aliphatic heterocycles. The maximum absolute atomic E-state index is 15.2. The maximum atomic E-state index is 15.2. The van der Waals surface area contributed by atoms with Gasteiger partial charge in [-0.2, -0.15) is 0 Å². The Bertz CT molecular complexity index is 3620.